The molecule has 2 aliphatic rings. The van der Waals surface area contributed by atoms with Crippen molar-refractivity contribution < 1.29 is 28.5 Å². The summed E-state index contributed by atoms with van der Waals surface area (Å²) in [5.41, 5.74) is 9.88. The molecule has 0 aliphatic carbocycles. The van der Waals surface area contributed by atoms with Crippen LogP contribution in [-0.2, 0) is 0 Å². The third kappa shape index (κ3) is 6.24. The molecule has 286 valence electrons. The predicted molar refractivity (Wildman–Crippen MR) is 231 cm³/mol. The molecule has 2 aliphatic heterocycles. The van der Waals surface area contributed by atoms with E-state index in [1.54, 1.807) is 48.5 Å². The highest BCUT2D eigenvalue weighted by molar-refractivity contribution is 6.35. The van der Waals surface area contributed by atoms with Crippen molar-refractivity contribution in [2.24, 2.45) is 0 Å². The molecule has 0 spiro atoms. The molecule has 7 aromatic carbocycles. The van der Waals surface area contributed by atoms with Crippen LogP contribution in [0.1, 0.15) is 47.0 Å². The lowest BCUT2D eigenvalue weighted by atomic mass is 9.98. The number of anilines is 2. The average molecular weight is 781 g/mol. The smallest absolute Gasteiger partial charge is 0.266 e. The first-order chi connectivity index (χ1) is 29.3. The van der Waals surface area contributed by atoms with Gasteiger partial charge in [-0.05, 0) is 103 Å². The first kappa shape index (κ1) is 36.1. The van der Waals surface area contributed by atoms with E-state index in [0.717, 1.165) is 49.8 Å². The zero-order chi connectivity index (χ0) is 40.9. The van der Waals surface area contributed by atoms with Crippen LogP contribution >= 0.6 is 0 Å². The maximum absolute atomic E-state index is 14.0. The van der Waals surface area contributed by atoms with Gasteiger partial charge in [0.15, 0.2) is 0 Å². The number of imide groups is 2. The zero-order valence-electron chi connectivity index (χ0n) is 32.3. The lowest BCUT2D eigenvalue weighted by Crippen LogP contribution is -2.36. The fourth-order valence-electron chi connectivity index (χ4n) is 7.93. The summed E-state index contributed by atoms with van der Waals surface area (Å²) in [5.74, 6) is -1.17. The van der Waals surface area contributed by atoms with Gasteiger partial charge < -0.3 is 4.74 Å². The van der Waals surface area contributed by atoms with Crippen molar-refractivity contribution in [1.82, 2.24) is 0 Å². The average Bonchev–Trinajstić information content (AvgIpc) is 3.69. The van der Waals surface area contributed by atoms with Gasteiger partial charge >= 0.3 is 0 Å². The number of pyridine rings is 1. The van der Waals surface area contributed by atoms with E-state index in [2.05, 4.69) is 53.1 Å². The first-order valence-electron chi connectivity index (χ1n) is 19.5. The molecular weight excluding hydrogens is 747 g/mol. The Labute approximate surface area is 345 Å². The maximum atomic E-state index is 14.0. The first-order valence-corrected chi connectivity index (χ1v) is 19.5. The van der Waals surface area contributed by atoms with Crippen molar-refractivity contribution in [3.63, 3.8) is 0 Å². The second kappa shape index (κ2) is 14.6. The molecule has 0 atom stereocenters. The van der Waals surface area contributed by atoms with Crippen LogP contribution in [0.5, 0.6) is 11.5 Å². The standard InChI is InChI=1S/C52H34N3O5/c1-33-17-19-39(20-18-33)54-49(56)43-27-25-41(31-45(43)51(54)58)60-42-26-28-44-46(32-42)52(59)55(50(44)57)40-23-21-38(22-24-40)53-47(35-13-7-3-8-14-35)29-37(34-11-5-2-6-12-34)30-48(53)36-15-9-4-10-16-36/h2-32H,1H3/q+1. The minimum absolute atomic E-state index is 0.197. The van der Waals surface area contributed by atoms with Crippen molar-refractivity contribution in [2.75, 3.05) is 9.80 Å². The summed E-state index contributed by atoms with van der Waals surface area (Å²) in [6.07, 6.45) is 0. The second-order valence-electron chi connectivity index (χ2n) is 14.7. The van der Waals surface area contributed by atoms with Crippen molar-refractivity contribution in [1.29, 1.82) is 0 Å². The Bertz CT molecular complexity index is 2960. The number of aromatic nitrogens is 1. The van der Waals surface area contributed by atoms with Crippen molar-refractivity contribution in [2.45, 2.75) is 6.92 Å². The van der Waals surface area contributed by atoms with Crippen LogP contribution in [0.4, 0.5) is 11.4 Å². The molecule has 0 bridgehead atoms. The van der Waals surface area contributed by atoms with E-state index >= 15 is 0 Å². The summed E-state index contributed by atoms with van der Waals surface area (Å²) in [6, 6.07) is 59.1. The van der Waals surface area contributed by atoms with E-state index in [-0.39, 0.29) is 22.3 Å². The molecule has 0 saturated heterocycles. The van der Waals surface area contributed by atoms with E-state index < -0.39 is 23.6 Å². The molecule has 60 heavy (non-hydrogen) atoms. The number of ether oxygens (including phenoxy) is 1. The van der Waals surface area contributed by atoms with Crippen molar-refractivity contribution >= 4 is 35.0 Å². The predicted octanol–water partition coefficient (Wildman–Crippen LogP) is 10.7. The monoisotopic (exact) mass is 780 g/mol. The fraction of sp³-hybridized carbons (Fsp3) is 0.0192. The minimum Gasteiger partial charge on any atom is -0.457 e. The molecule has 1 aromatic heterocycles. The molecule has 3 heterocycles. The van der Waals surface area contributed by atoms with Gasteiger partial charge in [0, 0.05) is 35.4 Å². The molecule has 8 nitrogen and oxygen atoms in total. The number of amides is 4. The third-order valence-electron chi connectivity index (χ3n) is 10.9. The number of rotatable bonds is 8. The van der Waals surface area contributed by atoms with Crippen LogP contribution in [0.2, 0.25) is 0 Å². The highest BCUT2D eigenvalue weighted by atomic mass is 16.5. The van der Waals surface area contributed by atoms with Crippen LogP contribution in [0.15, 0.2) is 188 Å². The second-order valence-corrected chi connectivity index (χ2v) is 14.7. The summed E-state index contributed by atoms with van der Waals surface area (Å²) in [4.78, 5) is 56.7. The molecule has 0 saturated carbocycles. The van der Waals surface area contributed by atoms with Gasteiger partial charge in [0.05, 0.1) is 33.6 Å². The van der Waals surface area contributed by atoms with Gasteiger partial charge in [-0.3, -0.25) is 19.2 Å². The Hall–Kier alpha value is -8.23. The molecule has 4 amide bonds. The number of carbonyl (C=O) groups is 4. The van der Waals surface area contributed by atoms with Crippen molar-refractivity contribution in [3.05, 3.63) is 216 Å². The summed E-state index contributed by atoms with van der Waals surface area (Å²) < 4.78 is 8.33. The van der Waals surface area contributed by atoms with Gasteiger partial charge in [-0.15, -0.1) is 0 Å². The summed E-state index contributed by atoms with van der Waals surface area (Å²) in [5, 5.41) is 0. The SMILES string of the molecule is Cc1ccc(N2C(=O)c3ccc(Oc4ccc5c(c4)C(=O)N(c4ccc(-[n+]6c(-c7ccccc7)cc(-c7ccccc7)cc6-c6ccccc6)cc4)C5=O)cc3C2=O)cc1. The molecule has 0 N–H and O–H groups in total. The quantitative estimate of drug-likeness (QED) is 0.113. The molecule has 8 aromatic rings. The Morgan fingerprint density at radius 2 is 0.783 bits per heavy atom. The Kier molecular flexibility index (Phi) is 8.80. The molecular formula is C52H34N3O5+. The van der Waals surface area contributed by atoms with Crippen LogP contribution in [-0.4, -0.2) is 23.6 Å². The van der Waals surface area contributed by atoms with Gasteiger partial charge in [-0.1, -0.05) is 84.4 Å². The summed E-state index contributed by atoms with van der Waals surface area (Å²) in [6.45, 7) is 1.93. The zero-order valence-corrected chi connectivity index (χ0v) is 32.3. The normalized spacial score (nSPS) is 13.2. The number of nitrogens with zero attached hydrogens (tertiary/aromatic N) is 3. The molecule has 0 radical (unpaired) electrons. The van der Waals surface area contributed by atoms with Gasteiger partial charge in [0.2, 0.25) is 17.1 Å². The number of hydrogen-bond acceptors (Lipinski definition) is 5. The van der Waals surface area contributed by atoms with Gasteiger partial charge in [0.1, 0.15) is 11.5 Å². The van der Waals surface area contributed by atoms with E-state index in [9.17, 15) is 19.2 Å². The van der Waals surface area contributed by atoms with Crippen LogP contribution in [0.3, 0.4) is 0 Å². The minimum atomic E-state index is -0.480. The topological polar surface area (TPSA) is 87.9 Å². The maximum Gasteiger partial charge on any atom is 0.266 e. The highest BCUT2D eigenvalue weighted by Crippen LogP contribution is 2.36. The number of fused-ring (bicyclic) bond motifs is 2. The lowest BCUT2D eigenvalue weighted by molar-refractivity contribution is -0.572. The van der Waals surface area contributed by atoms with Crippen molar-refractivity contribution in [3.8, 4) is 50.8 Å². The molecule has 8 heteroatoms. The van der Waals surface area contributed by atoms with E-state index in [1.807, 2.05) is 85.8 Å². The van der Waals surface area contributed by atoms with Crippen LogP contribution < -0.4 is 19.1 Å². The van der Waals surface area contributed by atoms with Gasteiger partial charge in [-0.2, -0.15) is 4.57 Å². The highest BCUT2D eigenvalue weighted by Gasteiger charge is 2.39. The number of aryl methyl sites for hydroxylation is 1. The Balaban J connectivity index is 0.957. The molecule has 0 unspecified atom stereocenters. The van der Waals surface area contributed by atoms with Crippen LogP contribution in [0, 0.1) is 6.92 Å². The number of carbonyl (C=O) groups excluding carboxylic acids is 4. The van der Waals surface area contributed by atoms with E-state index in [0.29, 0.717) is 22.9 Å². The Morgan fingerprint density at radius 1 is 0.383 bits per heavy atom. The summed E-state index contributed by atoms with van der Waals surface area (Å²) in [7, 11) is 0. The third-order valence-corrected chi connectivity index (χ3v) is 10.9. The number of benzene rings is 7. The summed E-state index contributed by atoms with van der Waals surface area (Å²) >= 11 is 0. The molecule has 0 fully saturated rings. The Morgan fingerprint density at radius 3 is 1.23 bits per heavy atom. The largest absolute Gasteiger partial charge is 0.457 e. The van der Waals surface area contributed by atoms with E-state index in [4.69, 9.17) is 4.74 Å². The van der Waals surface area contributed by atoms with Gasteiger partial charge in [0.25, 0.3) is 23.6 Å². The fourth-order valence-corrected chi connectivity index (χ4v) is 7.93. The van der Waals surface area contributed by atoms with E-state index in [1.165, 1.54) is 17.0 Å². The lowest BCUT2D eigenvalue weighted by Gasteiger charge is -2.15. The van der Waals surface area contributed by atoms with Gasteiger partial charge in [-0.25, -0.2) is 9.80 Å². The number of hydrogen-bond donors (Lipinski definition) is 0. The molecule has 10 rings (SSSR count). The van der Waals surface area contributed by atoms with Crippen LogP contribution in [0.25, 0.3) is 39.3 Å².